The number of benzene rings is 3. The molecule has 0 aliphatic heterocycles. The molecule has 6 aliphatic carbocycles. The monoisotopic (exact) mass is 695 g/mol. The standard InChI is InChI=1S/C43H47F2NO5/c1-4-21-46(38(49)51-31-11-9-27-7-5-6-8-28(27)22-31)26-42(50)18-15-36-40(42,3)17-14-35-39(2)16-13-30(47)24-41(39)19-20-43(35,36)32(25-41)37(48)29-10-12-33(44)34(45)23-29/h5-12,19-20,22-23,25,30,35-36,47,50H,4,13-18,21,24,26H2,1-3H3. The summed E-state index contributed by atoms with van der Waals surface area (Å²) in [6, 6.07) is 16.8. The van der Waals surface area contributed by atoms with Crippen molar-refractivity contribution in [1.29, 1.82) is 0 Å². The Kier molecular flexibility index (Phi) is 7.93. The molecule has 0 radical (unpaired) electrons. The van der Waals surface area contributed by atoms with Gasteiger partial charge in [-0.1, -0.05) is 69.3 Å². The molecule has 3 fully saturated rings. The van der Waals surface area contributed by atoms with Gasteiger partial charge in [0.05, 0.1) is 18.2 Å². The van der Waals surface area contributed by atoms with Gasteiger partial charge in [0.2, 0.25) is 0 Å². The highest BCUT2D eigenvalue weighted by atomic mass is 19.2. The number of aliphatic hydroxyl groups excluding tert-OH is 1. The summed E-state index contributed by atoms with van der Waals surface area (Å²) >= 11 is 0. The summed E-state index contributed by atoms with van der Waals surface area (Å²) in [7, 11) is 0. The molecule has 2 N–H and O–H groups in total. The van der Waals surface area contributed by atoms with Crippen molar-refractivity contribution in [2.45, 2.75) is 83.8 Å². The van der Waals surface area contributed by atoms with Crippen molar-refractivity contribution in [3.63, 3.8) is 0 Å². The molecule has 8 heteroatoms. The molecule has 2 bridgehead atoms. The maximum absolute atomic E-state index is 14.6. The van der Waals surface area contributed by atoms with Crippen molar-refractivity contribution in [2.75, 3.05) is 13.1 Å². The molecule has 3 saturated carbocycles. The molecule has 0 saturated heterocycles. The lowest BCUT2D eigenvalue weighted by Gasteiger charge is -2.71. The highest BCUT2D eigenvalue weighted by Gasteiger charge is 2.74. The van der Waals surface area contributed by atoms with Gasteiger partial charge in [-0.25, -0.2) is 13.6 Å². The Bertz CT molecular complexity index is 1990. The molecular weight excluding hydrogens is 648 g/mol. The van der Waals surface area contributed by atoms with Crippen LogP contribution in [-0.2, 0) is 0 Å². The summed E-state index contributed by atoms with van der Waals surface area (Å²) in [6.45, 7) is 6.91. The third-order valence-corrected chi connectivity index (χ3v) is 14.3. The number of hydrogen-bond donors (Lipinski definition) is 2. The fourth-order valence-electron chi connectivity index (χ4n) is 11.6. The van der Waals surface area contributed by atoms with E-state index in [-0.39, 0.29) is 35.1 Å². The minimum Gasteiger partial charge on any atom is -0.410 e. The highest BCUT2D eigenvalue weighted by Crippen LogP contribution is 2.78. The molecule has 1 amide bonds. The summed E-state index contributed by atoms with van der Waals surface area (Å²) in [4.78, 5) is 30.1. The molecule has 9 rings (SSSR count). The van der Waals surface area contributed by atoms with Crippen LogP contribution in [0.4, 0.5) is 13.6 Å². The van der Waals surface area contributed by atoms with E-state index < -0.39 is 45.7 Å². The number of allylic oxidation sites excluding steroid dienone is 4. The molecule has 8 unspecified atom stereocenters. The Labute approximate surface area is 298 Å². The maximum atomic E-state index is 14.6. The Morgan fingerprint density at radius 1 is 0.882 bits per heavy atom. The van der Waals surface area contributed by atoms with Gasteiger partial charge in [0.15, 0.2) is 17.4 Å². The van der Waals surface area contributed by atoms with Crippen LogP contribution in [0.1, 0.15) is 82.5 Å². The number of amides is 1. The van der Waals surface area contributed by atoms with E-state index in [1.165, 1.54) is 6.07 Å². The number of ketones is 1. The minimum atomic E-state index is -1.27. The van der Waals surface area contributed by atoms with Crippen molar-refractivity contribution in [3.8, 4) is 5.75 Å². The second kappa shape index (κ2) is 11.8. The second-order valence-electron chi connectivity index (χ2n) is 16.6. The van der Waals surface area contributed by atoms with Crippen molar-refractivity contribution < 1.29 is 33.3 Å². The summed E-state index contributed by atoms with van der Waals surface area (Å²) in [5.41, 5.74) is -2.84. The first-order valence-corrected chi connectivity index (χ1v) is 18.6. The van der Waals surface area contributed by atoms with Crippen LogP contribution < -0.4 is 4.74 Å². The van der Waals surface area contributed by atoms with E-state index in [1.807, 2.05) is 43.3 Å². The zero-order chi connectivity index (χ0) is 36.0. The van der Waals surface area contributed by atoms with Crippen LogP contribution in [0.5, 0.6) is 5.75 Å². The summed E-state index contributed by atoms with van der Waals surface area (Å²) in [5, 5.41) is 25.8. The molecule has 0 heterocycles. The number of nitrogens with zero attached hydrogens (tertiary/aromatic N) is 1. The van der Waals surface area contributed by atoms with Gasteiger partial charge in [0, 0.05) is 33.9 Å². The Balaban J connectivity index is 1.16. The number of aliphatic hydroxyl groups is 2. The third kappa shape index (κ3) is 4.85. The molecule has 0 aromatic heterocycles. The molecular formula is C43H47F2NO5. The number of rotatable bonds is 7. The number of carbonyl (C=O) groups is 2. The first kappa shape index (κ1) is 34.2. The lowest BCUT2D eigenvalue weighted by atomic mass is 9.32. The van der Waals surface area contributed by atoms with E-state index in [9.17, 15) is 28.6 Å². The molecule has 2 spiro atoms. The lowest BCUT2D eigenvalue weighted by molar-refractivity contribution is -0.175. The normalized spacial score (nSPS) is 36.2. The summed E-state index contributed by atoms with van der Waals surface area (Å²) < 4.78 is 34.5. The van der Waals surface area contributed by atoms with Crippen LogP contribution >= 0.6 is 0 Å². The Morgan fingerprint density at radius 3 is 2.37 bits per heavy atom. The predicted octanol–water partition coefficient (Wildman–Crippen LogP) is 8.80. The third-order valence-electron chi connectivity index (χ3n) is 14.3. The minimum absolute atomic E-state index is 0.0433. The van der Waals surface area contributed by atoms with Crippen molar-refractivity contribution in [1.82, 2.24) is 4.90 Å². The zero-order valence-corrected chi connectivity index (χ0v) is 29.6. The first-order valence-electron chi connectivity index (χ1n) is 18.6. The number of hydrogen-bond acceptors (Lipinski definition) is 5. The largest absolute Gasteiger partial charge is 0.415 e. The van der Waals surface area contributed by atoms with Gasteiger partial charge in [-0.05, 0) is 110 Å². The average Bonchev–Trinajstić information content (AvgIpc) is 3.38. The topological polar surface area (TPSA) is 87.1 Å². The number of carbonyl (C=O) groups excluding carboxylic acids is 2. The fraction of sp³-hybridized carbons (Fsp3) is 0.488. The van der Waals surface area contributed by atoms with Gasteiger partial charge in [-0.15, -0.1) is 0 Å². The molecule has 51 heavy (non-hydrogen) atoms. The van der Waals surface area contributed by atoms with Crippen LogP contribution in [0.3, 0.4) is 0 Å². The van der Waals surface area contributed by atoms with E-state index in [1.54, 1.807) is 11.0 Å². The molecule has 268 valence electrons. The number of halogens is 2. The first-order chi connectivity index (χ1) is 24.3. The van der Waals surface area contributed by atoms with E-state index >= 15 is 0 Å². The predicted molar refractivity (Wildman–Crippen MR) is 191 cm³/mol. The average molecular weight is 696 g/mol. The Hall–Kier alpha value is -3.88. The van der Waals surface area contributed by atoms with Crippen LogP contribution in [0.15, 0.2) is 84.5 Å². The van der Waals surface area contributed by atoms with Crippen LogP contribution in [0, 0.1) is 45.1 Å². The number of Topliss-reactive ketones (excluding diaryl/α,β-unsaturated/α-hetero) is 1. The molecule has 8 atom stereocenters. The maximum Gasteiger partial charge on any atom is 0.415 e. The summed E-state index contributed by atoms with van der Waals surface area (Å²) in [6.07, 6.45) is 10.6. The van der Waals surface area contributed by atoms with Crippen LogP contribution in [0.25, 0.3) is 10.8 Å². The molecule has 6 nitrogen and oxygen atoms in total. The van der Waals surface area contributed by atoms with E-state index in [2.05, 4.69) is 32.1 Å². The molecule has 3 aromatic carbocycles. The van der Waals surface area contributed by atoms with Gasteiger partial charge in [0.1, 0.15) is 5.75 Å². The second-order valence-corrected chi connectivity index (χ2v) is 16.6. The van der Waals surface area contributed by atoms with Gasteiger partial charge < -0.3 is 19.8 Å². The van der Waals surface area contributed by atoms with Crippen molar-refractivity contribution >= 4 is 22.6 Å². The van der Waals surface area contributed by atoms with Gasteiger partial charge >= 0.3 is 6.09 Å². The van der Waals surface area contributed by atoms with Gasteiger partial charge in [0.25, 0.3) is 0 Å². The SMILES string of the molecule is CCCN(CC1(O)CCC2C34C=CC5(C=C3C(=O)c3ccc(F)c(F)c3)CC(O)CCC5(C)C4CCC21C)C(=O)Oc1ccc2ccccc2c1. The lowest BCUT2D eigenvalue weighted by Crippen LogP contribution is -2.67. The van der Waals surface area contributed by atoms with E-state index in [0.717, 1.165) is 35.7 Å². The number of ether oxygens (including phenoxy) is 1. The van der Waals surface area contributed by atoms with Crippen molar-refractivity contribution in [2.24, 2.45) is 33.5 Å². The van der Waals surface area contributed by atoms with Crippen LogP contribution in [-0.4, -0.2) is 51.8 Å². The van der Waals surface area contributed by atoms with Crippen molar-refractivity contribution in [3.05, 3.63) is 102 Å². The van der Waals surface area contributed by atoms with E-state index in [0.29, 0.717) is 56.4 Å². The zero-order valence-electron chi connectivity index (χ0n) is 29.6. The van der Waals surface area contributed by atoms with Gasteiger partial charge in [-0.3, -0.25) is 4.79 Å². The quantitative estimate of drug-likeness (QED) is 0.191. The fourth-order valence-corrected chi connectivity index (χ4v) is 11.6. The smallest absolute Gasteiger partial charge is 0.410 e. The Morgan fingerprint density at radius 2 is 1.61 bits per heavy atom. The summed E-state index contributed by atoms with van der Waals surface area (Å²) in [5.74, 6) is -2.09. The van der Waals surface area contributed by atoms with Gasteiger partial charge in [-0.2, -0.15) is 0 Å². The molecule has 3 aromatic rings. The van der Waals surface area contributed by atoms with E-state index in [4.69, 9.17) is 4.74 Å². The highest BCUT2D eigenvalue weighted by molar-refractivity contribution is 6.10. The van der Waals surface area contributed by atoms with Crippen LogP contribution in [0.2, 0.25) is 0 Å². The number of fused-ring (bicyclic) bond motifs is 2. The molecule has 6 aliphatic rings.